The van der Waals surface area contributed by atoms with Crippen LogP contribution in [0.2, 0.25) is 0 Å². The van der Waals surface area contributed by atoms with Crippen LogP contribution in [-0.4, -0.2) is 69.2 Å². The number of carbonyl (C=O) groups excluding carboxylic acids is 2. The number of hydrogen-bond acceptors (Lipinski definition) is 6. The van der Waals surface area contributed by atoms with Crippen molar-refractivity contribution in [1.29, 1.82) is 0 Å². The lowest BCUT2D eigenvalue weighted by Crippen LogP contribution is -2.32. The van der Waals surface area contributed by atoms with Crippen LogP contribution in [0.15, 0.2) is 48.5 Å². The van der Waals surface area contributed by atoms with E-state index in [1.165, 1.54) is 11.1 Å². The van der Waals surface area contributed by atoms with Crippen molar-refractivity contribution in [2.75, 3.05) is 46.1 Å². The SMILES string of the molecule is O=C(O)COCC(=O)NCCOCCNC(=O)OCC1c2ccccc2-c2ccccc21. The standard InChI is InChI=1S/C23H26N2O7/c26-21(14-31-15-22(27)28)24-9-11-30-12-10-25-23(29)32-13-20-18-7-3-1-5-16(18)17-6-2-4-8-19(17)20/h1-8,20H,9-15H2,(H,24,26)(H,25,29)(H,27,28). The van der Waals surface area contributed by atoms with Gasteiger partial charge in [0.1, 0.15) is 19.8 Å². The largest absolute Gasteiger partial charge is 0.480 e. The van der Waals surface area contributed by atoms with Gasteiger partial charge in [0, 0.05) is 19.0 Å². The molecule has 9 nitrogen and oxygen atoms in total. The van der Waals surface area contributed by atoms with E-state index in [9.17, 15) is 14.4 Å². The quantitative estimate of drug-likeness (QED) is 0.428. The van der Waals surface area contributed by atoms with Crippen LogP contribution in [0.3, 0.4) is 0 Å². The van der Waals surface area contributed by atoms with E-state index in [2.05, 4.69) is 39.6 Å². The van der Waals surface area contributed by atoms with Crippen molar-refractivity contribution in [3.05, 3.63) is 59.7 Å². The Kier molecular flexibility index (Phi) is 8.59. The van der Waals surface area contributed by atoms with Gasteiger partial charge in [-0.3, -0.25) is 4.79 Å². The molecular formula is C23H26N2O7. The molecular weight excluding hydrogens is 416 g/mol. The molecule has 0 saturated carbocycles. The van der Waals surface area contributed by atoms with Gasteiger partial charge in [-0.05, 0) is 22.3 Å². The topological polar surface area (TPSA) is 123 Å². The van der Waals surface area contributed by atoms with Gasteiger partial charge in [-0.1, -0.05) is 48.5 Å². The Hall–Kier alpha value is -3.43. The van der Waals surface area contributed by atoms with Gasteiger partial charge in [0.15, 0.2) is 0 Å². The average Bonchev–Trinajstić information content (AvgIpc) is 3.10. The van der Waals surface area contributed by atoms with Gasteiger partial charge in [-0.2, -0.15) is 0 Å². The molecule has 0 saturated heterocycles. The molecule has 2 aromatic rings. The lowest BCUT2D eigenvalue weighted by Gasteiger charge is -2.14. The van der Waals surface area contributed by atoms with E-state index in [-0.39, 0.29) is 45.4 Å². The number of hydrogen-bond donors (Lipinski definition) is 3. The number of carbonyl (C=O) groups is 3. The van der Waals surface area contributed by atoms with E-state index in [0.717, 1.165) is 11.1 Å². The molecule has 0 aromatic heterocycles. The number of rotatable bonds is 12. The lowest BCUT2D eigenvalue weighted by molar-refractivity contribution is -0.143. The summed E-state index contributed by atoms with van der Waals surface area (Å²) in [5, 5.41) is 13.6. The summed E-state index contributed by atoms with van der Waals surface area (Å²) in [7, 11) is 0. The Labute approximate surface area is 185 Å². The zero-order chi connectivity index (χ0) is 22.8. The fraction of sp³-hybridized carbons (Fsp3) is 0.348. The summed E-state index contributed by atoms with van der Waals surface area (Å²) in [4.78, 5) is 33.7. The summed E-state index contributed by atoms with van der Waals surface area (Å²) >= 11 is 0. The molecule has 1 aliphatic carbocycles. The maximum absolute atomic E-state index is 12.0. The van der Waals surface area contributed by atoms with Crippen molar-refractivity contribution in [3.8, 4) is 11.1 Å². The number of benzene rings is 2. The third-order valence-corrected chi connectivity index (χ3v) is 4.89. The Morgan fingerprint density at radius 1 is 0.812 bits per heavy atom. The van der Waals surface area contributed by atoms with Gasteiger partial charge < -0.3 is 30.0 Å². The van der Waals surface area contributed by atoms with Crippen molar-refractivity contribution in [2.24, 2.45) is 0 Å². The van der Waals surface area contributed by atoms with Crippen LogP contribution in [0.1, 0.15) is 17.0 Å². The second kappa shape index (κ2) is 11.8. The number of carboxylic acids is 1. The third kappa shape index (κ3) is 6.53. The van der Waals surface area contributed by atoms with Gasteiger partial charge in [0.05, 0.1) is 13.2 Å². The first-order valence-electron chi connectivity index (χ1n) is 10.3. The van der Waals surface area contributed by atoms with Gasteiger partial charge in [0.2, 0.25) is 5.91 Å². The second-order valence-electron chi connectivity index (χ2n) is 7.10. The minimum Gasteiger partial charge on any atom is -0.480 e. The Bertz CT molecular complexity index is 902. The van der Waals surface area contributed by atoms with Crippen LogP contribution in [0.5, 0.6) is 0 Å². The number of fused-ring (bicyclic) bond motifs is 3. The first-order chi connectivity index (χ1) is 15.6. The predicted octanol–water partition coefficient (Wildman–Crippen LogP) is 1.76. The van der Waals surface area contributed by atoms with Gasteiger partial charge in [-0.15, -0.1) is 0 Å². The van der Waals surface area contributed by atoms with Crippen molar-refractivity contribution in [1.82, 2.24) is 10.6 Å². The van der Waals surface area contributed by atoms with Crippen molar-refractivity contribution >= 4 is 18.0 Å². The highest BCUT2D eigenvalue weighted by molar-refractivity contribution is 5.79. The highest BCUT2D eigenvalue weighted by atomic mass is 16.5. The van der Waals surface area contributed by atoms with Crippen LogP contribution >= 0.6 is 0 Å². The van der Waals surface area contributed by atoms with Crippen molar-refractivity contribution < 1.29 is 33.7 Å². The highest BCUT2D eigenvalue weighted by Crippen LogP contribution is 2.44. The molecule has 3 N–H and O–H groups in total. The molecule has 0 aliphatic heterocycles. The number of aliphatic carboxylic acids is 1. The molecule has 0 spiro atoms. The number of amides is 2. The lowest BCUT2D eigenvalue weighted by atomic mass is 9.98. The minimum atomic E-state index is -1.13. The number of ether oxygens (including phenoxy) is 3. The first kappa shape index (κ1) is 23.2. The van der Waals surface area contributed by atoms with E-state index in [1.54, 1.807) is 0 Å². The van der Waals surface area contributed by atoms with Crippen molar-refractivity contribution in [3.63, 3.8) is 0 Å². The molecule has 0 unspecified atom stereocenters. The van der Waals surface area contributed by atoms with Gasteiger partial charge >= 0.3 is 12.1 Å². The summed E-state index contributed by atoms with van der Waals surface area (Å²) in [5.74, 6) is -1.55. The average molecular weight is 442 g/mol. The van der Waals surface area contributed by atoms with E-state index in [0.29, 0.717) is 0 Å². The Morgan fingerprint density at radius 2 is 1.41 bits per heavy atom. The van der Waals surface area contributed by atoms with Crippen LogP contribution in [0.4, 0.5) is 4.79 Å². The third-order valence-electron chi connectivity index (χ3n) is 4.89. The molecule has 0 atom stereocenters. The molecule has 0 bridgehead atoms. The summed E-state index contributed by atoms with van der Waals surface area (Å²) in [5.41, 5.74) is 4.65. The molecule has 170 valence electrons. The first-order valence-corrected chi connectivity index (χ1v) is 10.3. The van der Waals surface area contributed by atoms with E-state index >= 15 is 0 Å². The normalized spacial score (nSPS) is 12.0. The zero-order valence-corrected chi connectivity index (χ0v) is 17.5. The zero-order valence-electron chi connectivity index (χ0n) is 17.5. The fourth-order valence-corrected chi connectivity index (χ4v) is 3.52. The van der Waals surface area contributed by atoms with Crippen LogP contribution in [0.25, 0.3) is 11.1 Å². The minimum absolute atomic E-state index is 0.00693. The Morgan fingerprint density at radius 3 is 2.03 bits per heavy atom. The molecule has 32 heavy (non-hydrogen) atoms. The van der Waals surface area contributed by atoms with E-state index < -0.39 is 24.6 Å². The number of alkyl carbamates (subject to hydrolysis) is 1. The van der Waals surface area contributed by atoms with Crippen LogP contribution in [-0.2, 0) is 23.8 Å². The highest BCUT2D eigenvalue weighted by Gasteiger charge is 2.28. The molecule has 0 fully saturated rings. The molecule has 2 aromatic carbocycles. The molecule has 2 amide bonds. The van der Waals surface area contributed by atoms with Gasteiger partial charge in [0.25, 0.3) is 0 Å². The summed E-state index contributed by atoms with van der Waals surface area (Å²) < 4.78 is 15.4. The fourth-order valence-electron chi connectivity index (χ4n) is 3.52. The smallest absolute Gasteiger partial charge is 0.407 e. The number of carboxylic acid groups (broad SMARTS) is 1. The van der Waals surface area contributed by atoms with E-state index in [4.69, 9.17) is 14.6 Å². The molecule has 9 heteroatoms. The molecule has 0 radical (unpaired) electrons. The molecule has 3 rings (SSSR count). The summed E-state index contributed by atoms with van der Waals surface area (Å²) in [6.45, 7) is 0.428. The summed E-state index contributed by atoms with van der Waals surface area (Å²) in [6.07, 6.45) is -0.514. The molecule has 1 aliphatic rings. The van der Waals surface area contributed by atoms with Crippen LogP contribution in [0, 0.1) is 0 Å². The predicted molar refractivity (Wildman–Crippen MR) is 115 cm³/mol. The summed E-state index contributed by atoms with van der Waals surface area (Å²) in [6, 6.07) is 16.3. The molecule has 0 heterocycles. The second-order valence-corrected chi connectivity index (χ2v) is 7.10. The number of nitrogens with one attached hydrogen (secondary N) is 2. The monoisotopic (exact) mass is 442 g/mol. The Balaban J connectivity index is 1.29. The maximum atomic E-state index is 12.0. The maximum Gasteiger partial charge on any atom is 0.407 e. The van der Waals surface area contributed by atoms with E-state index in [1.807, 2.05) is 24.3 Å². The van der Waals surface area contributed by atoms with Gasteiger partial charge in [-0.25, -0.2) is 9.59 Å². The van der Waals surface area contributed by atoms with Crippen LogP contribution < -0.4 is 10.6 Å². The van der Waals surface area contributed by atoms with Crippen molar-refractivity contribution in [2.45, 2.75) is 5.92 Å².